The van der Waals surface area contributed by atoms with Crippen molar-refractivity contribution in [1.29, 1.82) is 0 Å². The minimum Gasteiger partial charge on any atom is -0.366 e. The van der Waals surface area contributed by atoms with E-state index in [9.17, 15) is 32.3 Å². The third-order valence-corrected chi connectivity index (χ3v) is 5.95. The molecule has 1 fully saturated rings. The number of carbonyl (C=O) groups is 4. The summed E-state index contributed by atoms with van der Waals surface area (Å²) in [5.74, 6) is -3.43. The molecule has 4 N–H and O–H groups in total. The minimum absolute atomic E-state index is 0.0257. The van der Waals surface area contributed by atoms with E-state index in [-0.39, 0.29) is 30.2 Å². The number of nitrogens with zero attached hydrogens (tertiary/aromatic N) is 2. The predicted molar refractivity (Wildman–Crippen MR) is 121 cm³/mol. The number of nitrogens with two attached hydrogens (primary N) is 1. The summed E-state index contributed by atoms with van der Waals surface area (Å²) < 4.78 is 42.8. The monoisotopic (exact) mass is 511 g/mol. The number of halogens is 3. The van der Waals surface area contributed by atoms with E-state index in [1.54, 1.807) is 12.1 Å². The van der Waals surface area contributed by atoms with Crippen molar-refractivity contribution in [2.75, 3.05) is 13.2 Å². The maximum atomic E-state index is 13.5. The van der Waals surface area contributed by atoms with Gasteiger partial charge in [-0.2, -0.15) is 0 Å². The van der Waals surface area contributed by atoms with Crippen molar-refractivity contribution in [3.63, 3.8) is 0 Å². The van der Waals surface area contributed by atoms with Gasteiger partial charge in [0, 0.05) is 30.2 Å². The van der Waals surface area contributed by atoms with Crippen molar-refractivity contribution in [1.82, 2.24) is 20.2 Å². The highest BCUT2D eigenvalue weighted by Gasteiger charge is 2.36. The highest BCUT2D eigenvalue weighted by atomic mass is 19.4. The first kappa shape index (κ1) is 27.1. The highest BCUT2D eigenvalue weighted by Crippen LogP contribution is 2.28. The highest BCUT2D eigenvalue weighted by molar-refractivity contribution is 6.05. The van der Waals surface area contributed by atoms with Crippen LogP contribution in [0.4, 0.5) is 13.2 Å². The van der Waals surface area contributed by atoms with Gasteiger partial charge in [0.2, 0.25) is 11.8 Å². The molecule has 36 heavy (non-hydrogen) atoms. The predicted octanol–water partition coefficient (Wildman–Crippen LogP) is 1.84. The summed E-state index contributed by atoms with van der Waals surface area (Å²) in [5, 5.41) is 5.56. The molecule has 3 rings (SSSR count). The Morgan fingerprint density at radius 1 is 1.33 bits per heavy atom. The normalized spacial score (nSPS) is 17.7. The number of alkyl halides is 3. The second kappa shape index (κ2) is 11.1. The summed E-state index contributed by atoms with van der Waals surface area (Å²) in [7, 11) is 0. The zero-order chi connectivity index (χ0) is 26.6. The van der Waals surface area contributed by atoms with Crippen LogP contribution in [0.3, 0.4) is 0 Å². The Morgan fingerprint density at radius 3 is 2.64 bits per heavy atom. The lowest BCUT2D eigenvalue weighted by atomic mass is 9.95. The first-order valence-electron chi connectivity index (χ1n) is 11.4. The molecular formula is C23H28F3N5O5. The molecule has 0 aliphatic carbocycles. The van der Waals surface area contributed by atoms with Gasteiger partial charge in [-0.15, -0.1) is 13.2 Å². The molecule has 10 nitrogen and oxygen atoms in total. The van der Waals surface area contributed by atoms with Gasteiger partial charge in [0.05, 0.1) is 11.6 Å². The van der Waals surface area contributed by atoms with Crippen molar-refractivity contribution >= 4 is 34.5 Å². The van der Waals surface area contributed by atoms with Gasteiger partial charge >= 0.3 is 6.36 Å². The number of rotatable bonds is 11. The third kappa shape index (κ3) is 6.59. The SMILES string of the molecule is CC(C)C[C@@H](C(=O)N[C@@H](C[C@@H]1CCNC1=O)C(=O)COC(F)(F)F)n1cc(C(N)=O)c2cccnc21. The molecule has 1 aliphatic heterocycles. The van der Waals surface area contributed by atoms with Crippen molar-refractivity contribution in [3.05, 3.63) is 30.1 Å². The number of Topliss-reactive ketones (excluding diaryl/α,β-unsaturated/α-hetero) is 1. The number of pyridine rings is 1. The van der Waals surface area contributed by atoms with Gasteiger partial charge in [-0.3, -0.25) is 23.9 Å². The molecule has 0 unspecified atom stereocenters. The molecule has 3 amide bonds. The maximum Gasteiger partial charge on any atom is 0.522 e. The van der Waals surface area contributed by atoms with E-state index >= 15 is 0 Å². The number of hydrogen-bond acceptors (Lipinski definition) is 6. The largest absolute Gasteiger partial charge is 0.522 e. The molecule has 0 aromatic carbocycles. The van der Waals surface area contributed by atoms with E-state index in [0.717, 1.165) is 0 Å². The lowest BCUT2D eigenvalue weighted by Crippen LogP contribution is -2.47. The Labute approximate surface area is 204 Å². The van der Waals surface area contributed by atoms with Crippen LogP contribution in [0.1, 0.15) is 49.5 Å². The Bertz CT molecular complexity index is 1150. The van der Waals surface area contributed by atoms with Gasteiger partial charge in [0.15, 0.2) is 5.78 Å². The lowest BCUT2D eigenvalue weighted by molar-refractivity contribution is -0.321. The number of ketones is 1. The number of ether oxygens (including phenoxy) is 1. The number of aromatic nitrogens is 2. The molecule has 2 aromatic rings. The van der Waals surface area contributed by atoms with Crippen LogP contribution in [0.2, 0.25) is 0 Å². The van der Waals surface area contributed by atoms with Crippen molar-refractivity contribution in [2.45, 2.75) is 51.6 Å². The summed E-state index contributed by atoms with van der Waals surface area (Å²) >= 11 is 0. The molecule has 0 saturated carbocycles. The molecule has 1 aliphatic rings. The van der Waals surface area contributed by atoms with Crippen LogP contribution in [-0.2, 0) is 19.1 Å². The average Bonchev–Trinajstić information content (AvgIpc) is 3.38. The third-order valence-electron chi connectivity index (χ3n) is 5.95. The van der Waals surface area contributed by atoms with E-state index in [0.29, 0.717) is 24.0 Å². The van der Waals surface area contributed by atoms with Crippen LogP contribution in [-0.4, -0.2) is 58.6 Å². The fourth-order valence-electron chi connectivity index (χ4n) is 4.26. The van der Waals surface area contributed by atoms with Gasteiger partial charge in [-0.1, -0.05) is 13.8 Å². The van der Waals surface area contributed by atoms with Crippen LogP contribution >= 0.6 is 0 Å². The van der Waals surface area contributed by atoms with E-state index in [1.165, 1.54) is 17.0 Å². The smallest absolute Gasteiger partial charge is 0.366 e. The number of primary amides is 1. The summed E-state index contributed by atoms with van der Waals surface area (Å²) in [6.07, 6.45) is -1.69. The topological polar surface area (TPSA) is 145 Å². The minimum atomic E-state index is -5.03. The summed E-state index contributed by atoms with van der Waals surface area (Å²) in [4.78, 5) is 54.4. The van der Waals surface area contributed by atoms with Crippen LogP contribution in [0.15, 0.2) is 24.5 Å². The van der Waals surface area contributed by atoms with Crippen LogP contribution in [0.5, 0.6) is 0 Å². The molecule has 1 saturated heterocycles. The average molecular weight is 512 g/mol. The number of nitrogens with one attached hydrogen (secondary N) is 2. The molecular weight excluding hydrogens is 483 g/mol. The first-order chi connectivity index (χ1) is 16.9. The first-order valence-corrected chi connectivity index (χ1v) is 11.4. The molecule has 3 heterocycles. The van der Waals surface area contributed by atoms with Gasteiger partial charge in [0.1, 0.15) is 18.3 Å². The Balaban J connectivity index is 1.92. The summed E-state index contributed by atoms with van der Waals surface area (Å²) in [5.41, 5.74) is 5.95. The second-order valence-electron chi connectivity index (χ2n) is 9.11. The van der Waals surface area contributed by atoms with E-state index in [2.05, 4.69) is 20.4 Å². The standard InChI is InChI=1S/C23H28F3N5O5/c1-12(2)8-17(31-10-15(19(27)33)14-4-3-6-28-20(14)31)22(35)30-16(9-13-5-7-29-21(13)34)18(32)11-36-23(24,25)26/h3-4,6,10,12-13,16-17H,5,7-9,11H2,1-2H3,(H2,27,33)(H,29,34)(H,30,35)/t13-,16-,17-/m0/s1. The van der Waals surface area contributed by atoms with Crippen molar-refractivity contribution < 1.29 is 37.1 Å². The molecule has 0 radical (unpaired) electrons. The summed E-state index contributed by atoms with van der Waals surface area (Å²) in [6, 6.07) is 0.877. The molecule has 0 spiro atoms. The van der Waals surface area contributed by atoms with Crippen LogP contribution in [0, 0.1) is 11.8 Å². The Morgan fingerprint density at radius 2 is 2.06 bits per heavy atom. The number of amides is 3. The van der Waals surface area contributed by atoms with Gasteiger partial charge in [-0.25, -0.2) is 4.98 Å². The maximum absolute atomic E-state index is 13.5. The van der Waals surface area contributed by atoms with Gasteiger partial charge < -0.3 is 20.9 Å². The Kier molecular flexibility index (Phi) is 8.33. The van der Waals surface area contributed by atoms with E-state index in [4.69, 9.17) is 5.73 Å². The number of hydrogen-bond donors (Lipinski definition) is 3. The lowest BCUT2D eigenvalue weighted by Gasteiger charge is -2.25. The van der Waals surface area contributed by atoms with Gasteiger partial charge in [-0.05, 0) is 37.3 Å². The second-order valence-corrected chi connectivity index (χ2v) is 9.11. The fraction of sp³-hybridized carbons (Fsp3) is 0.522. The Hall–Kier alpha value is -3.48. The van der Waals surface area contributed by atoms with E-state index in [1.807, 2.05) is 13.8 Å². The number of fused-ring (bicyclic) bond motifs is 1. The fourth-order valence-corrected chi connectivity index (χ4v) is 4.26. The summed E-state index contributed by atoms with van der Waals surface area (Å²) in [6.45, 7) is 2.77. The van der Waals surface area contributed by atoms with Crippen molar-refractivity contribution in [3.8, 4) is 0 Å². The number of carbonyl (C=O) groups excluding carboxylic acids is 4. The van der Waals surface area contributed by atoms with Gasteiger partial charge in [0.25, 0.3) is 5.91 Å². The van der Waals surface area contributed by atoms with Crippen LogP contribution < -0.4 is 16.4 Å². The zero-order valence-corrected chi connectivity index (χ0v) is 19.8. The molecule has 3 atom stereocenters. The van der Waals surface area contributed by atoms with Crippen LogP contribution in [0.25, 0.3) is 11.0 Å². The molecule has 13 heteroatoms. The molecule has 2 aromatic heterocycles. The molecule has 196 valence electrons. The van der Waals surface area contributed by atoms with E-state index < -0.39 is 48.6 Å². The quantitative estimate of drug-likeness (QED) is 0.420. The molecule has 0 bridgehead atoms. The zero-order valence-electron chi connectivity index (χ0n) is 19.8. The van der Waals surface area contributed by atoms with Crippen molar-refractivity contribution in [2.24, 2.45) is 17.6 Å².